The van der Waals surface area contributed by atoms with E-state index in [1.54, 1.807) is 0 Å². The molecule has 1 N–H and O–H groups in total. The molecule has 0 aromatic heterocycles. The van der Waals surface area contributed by atoms with Crippen molar-refractivity contribution in [2.75, 3.05) is 13.6 Å². The summed E-state index contributed by atoms with van der Waals surface area (Å²) in [5, 5.41) is 4.70. The zero-order valence-corrected chi connectivity index (χ0v) is 11.6. The van der Waals surface area contributed by atoms with Crippen LogP contribution in [0.5, 0.6) is 0 Å². The zero-order chi connectivity index (χ0) is 12.1. The molecule has 0 spiro atoms. The molecule has 1 aromatic rings. The minimum atomic E-state index is 0.601. The molecule has 0 fully saturated rings. The molecule has 0 aliphatic rings. The van der Waals surface area contributed by atoms with Gasteiger partial charge in [0.15, 0.2) is 0 Å². The predicted octanol–water partition coefficient (Wildman–Crippen LogP) is 4.03. The topological polar surface area (TPSA) is 12.0 Å². The first-order chi connectivity index (χ1) is 7.54. The fraction of sp³-hybridized carbons (Fsp3) is 0.538. The fourth-order valence-electron chi connectivity index (χ4n) is 1.78. The van der Waals surface area contributed by atoms with E-state index < -0.39 is 0 Å². The number of nitrogens with one attached hydrogen (secondary N) is 1. The Balaban J connectivity index is 2.77. The van der Waals surface area contributed by atoms with Gasteiger partial charge in [0.1, 0.15) is 0 Å². The van der Waals surface area contributed by atoms with Crippen molar-refractivity contribution in [2.45, 2.75) is 20.3 Å². The first-order valence-electron chi connectivity index (χ1n) is 5.63. The third-order valence-electron chi connectivity index (χ3n) is 2.91. The molecule has 3 heteroatoms. The molecule has 90 valence electrons. The Morgan fingerprint density at radius 3 is 2.44 bits per heavy atom. The van der Waals surface area contributed by atoms with Crippen LogP contribution < -0.4 is 5.32 Å². The first kappa shape index (κ1) is 13.8. The maximum atomic E-state index is 6.17. The van der Waals surface area contributed by atoms with E-state index in [1.165, 1.54) is 5.56 Å². The smallest absolute Gasteiger partial charge is 0.0452 e. The quantitative estimate of drug-likeness (QED) is 0.842. The van der Waals surface area contributed by atoms with E-state index >= 15 is 0 Å². The molecular weight excluding hydrogens is 241 g/mol. The van der Waals surface area contributed by atoms with Crippen molar-refractivity contribution < 1.29 is 0 Å². The van der Waals surface area contributed by atoms with Crippen LogP contribution in [-0.2, 0) is 6.42 Å². The van der Waals surface area contributed by atoms with Crippen molar-refractivity contribution in [2.24, 2.45) is 11.8 Å². The van der Waals surface area contributed by atoms with E-state index in [1.807, 2.05) is 25.2 Å². The Labute approximate surface area is 108 Å². The highest BCUT2D eigenvalue weighted by Gasteiger charge is 2.14. The predicted molar refractivity (Wildman–Crippen MR) is 72.4 cm³/mol. The molecule has 16 heavy (non-hydrogen) atoms. The molecule has 0 radical (unpaired) electrons. The maximum Gasteiger partial charge on any atom is 0.0452 e. The number of halogens is 2. The van der Waals surface area contributed by atoms with Gasteiger partial charge >= 0.3 is 0 Å². The molecular formula is C13H19Cl2N. The van der Waals surface area contributed by atoms with Gasteiger partial charge in [-0.15, -0.1) is 0 Å². The maximum absolute atomic E-state index is 6.17. The van der Waals surface area contributed by atoms with E-state index in [-0.39, 0.29) is 0 Å². The molecule has 0 aliphatic heterocycles. The minimum Gasteiger partial charge on any atom is -0.319 e. The van der Waals surface area contributed by atoms with Crippen LogP contribution in [0.4, 0.5) is 0 Å². The normalized spacial score (nSPS) is 13.1. The molecule has 0 heterocycles. The highest BCUT2D eigenvalue weighted by atomic mass is 35.5. The van der Waals surface area contributed by atoms with Crippen LogP contribution >= 0.6 is 23.2 Å². The standard InChI is InChI=1S/C13H19Cl2N/c1-9(2)11(8-16-3)6-10-4-5-12(14)7-13(10)15/h4-5,7,9,11,16H,6,8H2,1-3H3. The number of benzene rings is 1. The molecule has 0 saturated heterocycles. The summed E-state index contributed by atoms with van der Waals surface area (Å²) in [6.45, 7) is 5.49. The van der Waals surface area contributed by atoms with Crippen LogP contribution in [-0.4, -0.2) is 13.6 Å². The summed E-state index contributed by atoms with van der Waals surface area (Å²) >= 11 is 12.1. The van der Waals surface area contributed by atoms with Gasteiger partial charge in [-0.25, -0.2) is 0 Å². The molecule has 0 bridgehead atoms. The fourth-order valence-corrected chi connectivity index (χ4v) is 2.26. The van der Waals surface area contributed by atoms with Gasteiger partial charge in [-0.2, -0.15) is 0 Å². The lowest BCUT2D eigenvalue weighted by Crippen LogP contribution is -2.25. The number of rotatable bonds is 5. The van der Waals surface area contributed by atoms with Crippen LogP contribution in [0.2, 0.25) is 10.0 Å². The Kier molecular flexibility index (Phi) is 5.60. The minimum absolute atomic E-state index is 0.601. The second kappa shape index (κ2) is 6.48. The third-order valence-corrected chi connectivity index (χ3v) is 3.49. The molecule has 1 aromatic carbocycles. The van der Waals surface area contributed by atoms with E-state index in [0.717, 1.165) is 18.0 Å². The van der Waals surface area contributed by atoms with Crippen LogP contribution in [0.1, 0.15) is 19.4 Å². The summed E-state index contributed by atoms with van der Waals surface area (Å²) in [6, 6.07) is 5.74. The monoisotopic (exact) mass is 259 g/mol. The Hall–Kier alpha value is -0.240. The van der Waals surface area contributed by atoms with Crippen LogP contribution in [0, 0.1) is 11.8 Å². The van der Waals surface area contributed by atoms with Crippen LogP contribution in [0.25, 0.3) is 0 Å². The van der Waals surface area contributed by atoms with Gasteiger partial charge in [0, 0.05) is 10.0 Å². The lowest BCUT2D eigenvalue weighted by Gasteiger charge is -2.21. The molecule has 0 saturated carbocycles. The Bertz CT molecular complexity index is 337. The van der Waals surface area contributed by atoms with Crippen molar-refractivity contribution in [1.82, 2.24) is 5.32 Å². The van der Waals surface area contributed by atoms with Crippen LogP contribution in [0.15, 0.2) is 18.2 Å². The Morgan fingerprint density at radius 1 is 1.25 bits per heavy atom. The van der Waals surface area contributed by atoms with Gasteiger partial charge in [-0.3, -0.25) is 0 Å². The SMILES string of the molecule is CNCC(Cc1ccc(Cl)cc1Cl)C(C)C. The molecule has 1 atom stereocenters. The van der Waals surface area contributed by atoms with Crippen LogP contribution in [0.3, 0.4) is 0 Å². The van der Waals surface area contributed by atoms with Gasteiger partial charge in [0.2, 0.25) is 0 Å². The second-order valence-corrected chi connectivity index (χ2v) is 5.35. The van der Waals surface area contributed by atoms with Gasteiger partial charge in [-0.05, 0) is 49.5 Å². The largest absolute Gasteiger partial charge is 0.319 e. The van der Waals surface area contributed by atoms with Crippen molar-refractivity contribution in [3.8, 4) is 0 Å². The average molecular weight is 260 g/mol. The van der Waals surface area contributed by atoms with Crippen molar-refractivity contribution in [1.29, 1.82) is 0 Å². The zero-order valence-electron chi connectivity index (χ0n) is 10.1. The van der Waals surface area contributed by atoms with Gasteiger partial charge < -0.3 is 5.32 Å². The average Bonchev–Trinajstić information content (AvgIpc) is 2.20. The van der Waals surface area contributed by atoms with Crippen molar-refractivity contribution >= 4 is 23.2 Å². The summed E-state index contributed by atoms with van der Waals surface area (Å²) < 4.78 is 0. The van der Waals surface area contributed by atoms with E-state index in [9.17, 15) is 0 Å². The first-order valence-corrected chi connectivity index (χ1v) is 6.38. The molecule has 1 nitrogen and oxygen atoms in total. The summed E-state index contributed by atoms with van der Waals surface area (Å²) in [5.74, 6) is 1.24. The Morgan fingerprint density at radius 2 is 1.94 bits per heavy atom. The summed E-state index contributed by atoms with van der Waals surface area (Å²) in [5.41, 5.74) is 1.18. The molecule has 1 rings (SSSR count). The summed E-state index contributed by atoms with van der Waals surface area (Å²) in [7, 11) is 1.98. The highest BCUT2D eigenvalue weighted by Crippen LogP contribution is 2.25. The van der Waals surface area contributed by atoms with Gasteiger partial charge in [0.25, 0.3) is 0 Å². The van der Waals surface area contributed by atoms with E-state index in [0.29, 0.717) is 16.9 Å². The summed E-state index contributed by atoms with van der Waals surface area (Å²) in [4.78, 5) is 0. The third kappa shape index (κ3) is 3.97. The number of hydrogen-bond donors (Lipinski definition) is 1. The van der Waals surface area contributed by atoms with Crippen molar-refractivity contribution in [3.05, 3.63) is 33.8 Å². The van der Waals surface area contributed by atoms with E-state index in [4.69, 9.17) is 23.2 Å². The molecule has 1 unspecified atom stereocenters. The second-order valence-electron chi connectivity index (χ2n) is 4.50. The van der Waals surface area contributed by atoms with Gasteiger partial charge in [0.05, 0.1) is 0 Å². The van der Waals surface area contributed by atoms with Gasteiger partial charge in [-0.1, -0.05) is 43.1 Å². The van der Waals surface area contributed by atoms with E-state index in [2.05, 4.69) is 19.2 Å². The van der Waals surface area contributed by atoms with Crippen molar-refractivity contribution in [3.63, 3.8) is 0 Å². The summed E-state index contributed by atoms with van der Waals surface area (Å²) in [6.07, 6.45) is 0.995. The lowest BCUT2D eigenvalue weighted by molar-refractivity contribution is 0.370. The highest BCUT2D eigenvalue weighted by molar-refractivity contribution is 6.35. The number of hydrogen-bond acceptors (Lipinski definition) is 1. The molecule has 0 amide bonds. The molecule has 0 aliphatic carbocycles. The lowest BCUT2D eigenvalue weighted by atomic mass is 9.89.